The van der Waals surface area contributed by atoms with E-state index in [-0.39, 0.29) is 12.1 Å². The second kappa shape index (κ2) is 6.01. The fraction of sp³-hybridized carbons (Fsp3) is 0.562. The number of piperazine rings is 1. The lowest BCUT2D eigenvalue weighted by Gasteiger charge is -2.39. The molecule has 1 aromatic rings. The number of hydrogen-bond acceptors (Lipinski definition) is 5. The average molecular weight is 322 g/mol. The lowest BCUT2D eigenvalue weighted by molar-refractivity contribution is 0.0113. The maximum atomic E-state index is 12.2. The van der Waals surface area contributed by atoms with Gasteiger partial charge in [-0.3, -0.25) is 0 Å². The molecule has 1 saturated heterocycles. The Hall–Kier alpha value is -1.40. The number of carbonyl (C=O) groups excluding carboxylic acids is 1. The van der Waals surface area contributed by atoms with Crippen LogP contribution in [0.1, 0.15) is 20.8 Å². The SMILES string of the molecule is CC(C)(C)OC(=O)N1CCN2Sc3ccccc3OCC2C1. The van der Waals surface area contributed by atoms with Gasteiger partial charge < -0.3 is 14.4 Å². The van der Waals surface area contributed by atoms with Crippen molar-refractivity contribution in [3.8, 4) is 5.75 Å². The normalized spacial score (nSPS) is 22.1. The molecule has 0 bridgehead atoms. The van der Waals surface area contributed by atoms with Gasteiger partial charge in [0, 0.05) is 19.6 Å². The Kier molecular flexibility index (Phi) is 4.23. The minimum Gasteiger partial charge on any atom is -0.491 e. The van der Waals surface area contributed by atoms with Crippen LogP contribution in [0.5, 0.6) is 5.75 Å². The minimum absolute atomic E-state index is 0.179. The zero-order chi connectivity index (χ0) is 15.7. The summed E-state index contributed by atoms with van der Waals surface area (Å²) in [6.45, 7) is 8.39. The van der Waals surface area contributed by atoms with E-state index in [9.17, 15) is 4.79 Å². The van der Waals surface area contributed by atoms with Crippen LogP contribution in [-0.2, 0) is 4.74 Å². The molecule has 1 atom stereocenters. The van der Waals surface area contributed by atoms with Gasteiger partial charge in [-0.25, -0.2) is 9.10 Å². The number of rotatable bonds is 0. The lowest BCUT2D eigenvalue weighted by atomic mass is 10.2. The Labute approximate surface area is 135 Å². The highest BCUT2D eigenvalue weighted by Crippen LogP contribution is 2.37. The molecule has 1 unspecified atom stereocenters. The Morgan fingerprint density at radius 2 is 2.09 bits per heavy atom. The predicted octanol–water partition coefficient (Wildman–Crippen LogP) is 3.01. The highest BCUT2D eigenvalue weighted by Gasteiger charge is 2.34. The predicted molar refractivity (Wildman–Crippen MR) is 86.1 cm³/mol. The first-order chi connectivity index (χ1) is 10.4. The fourth-order valence-electron chi connectivity index (χ4n) is 2.54. The van der Waals surface area contributed by atoms with E-state index in [4.69, 9.17) is 9.47 Å². The monoisotopic (exact) mass is 322 g/mol. The van der Waals surface area contributed by atoms with Crippen molar-refractivity contribution in [3.63, 3.8) is 0 Å². The van der Waals surface area contributed by atoms with Crippen LogP contribution in [0.2, 0.25) is 0 Å². The third-order valence-electron chi connectivity index (χ3n) is 3.58. The summed E-state index contributed by atoms with van der Waals surface area (Å²) in [5.41, 5.74) is -0.459. The standard InChI is InChI=1S/C16H22N2O3S/c1-16(2,3)21-15(19)17-8-9-18-12(10-17)11-20-13-6-4-5-7-14(13)22-18/h4-7,12H,8-11H2,1-3H3. The number of ether oxygens (including phenoxy) is 2. The van der Waals surface area contributed by atoms with Gasteiger partial charge in [0.2, 0.25) is 0 Å². The molecule has 5 nitrogen and oxygen atoms in total. The van der Waals surface area contributed by atoms with E-state index in [1.54, 1.807) is 16.8 Å². The van der Waals surface area contributed by atoms with Crippen LogP contribution in [0.4, 0.5) is 4.79 Å². The number of hydrogen-bond donors (Lipinski definition) is 0. The number of nitrogens with zero attached hydrogens (tertiary/aromatic N) is 2. The van der Waals surface area contributed by atoms with Crippen molar-refractivity contribution in [2.75, 3.05) is 26.2 Å². The van der Waals surface area contributed by atoms with Crippen LogP contribution in [0.15, 0.2) is 29.2 Å². The van der Waals surface area contributed by atoms with E-state index in [2.05, 4.69) is 10.4 Å². The number of para-hydroxylation sites is 1. The van der Waals surface area contributed by atoms with Crippen LogP contribution < -0.4 is 4.74 Å². The molecular weight excluding hydrogens is 300 g/mol. The van der Waals surface area contributed by atoms with Crippen molar-refractivity contribution in [3.05, 3.63) is 24.3 Å². The molecule has 2 aliphatic rings. The summed E-state index contributed by atoms with van der Waals surface area (Å²) in [5, 5.41) is 0. The van der Waals surface area contributed by atoms with Crippen LogP contribution >= 0.6 is 11.9 Å². The molecule has 1 amide bonds. The molecule has 0 saturated carbocycles. The zero-order valence-electron chi connectivity index (χ0n) is 13.2. The molecule has 2 aliphatic heterocycles. The molecule has 6 heteroatoms. The summed E-state index contributed by atoms with van der Waals surface area (Å²) < 4.78 is 13.7. The molecule has 22 heavy (non-hydrogen) atoms. The van der Waals surface area contributed by atoms with E-state index in [0.717, 1.165) is 17.2 Å². The largest absolute Gasteiger partial charge is 0.491 e. The van der Waals surface area contributed by atoms with Gasteiger partial charge in [0.25, 0.3) is 0 Å². The van der Waals surface area contributed by atoms with E-state index in [0.29, 0.717) is 19.7 Å². The maximum absolute atomic E-state index is 12.2. The highest BCUT2D eigenvalue weighted by molar-refractivity contribution is 7.97. The van der Waals surface area contributed by atoms with Crippen LogP contribution in [-0.4, -0.2) is 53.2 Å². The van der Waals surface area contributed by atoms with Gasteiger partial charge in [-0.1, -0.05) is 12.1 Å². The van der Waals surface area contributed by atoms with Gasteiger partial charge in [-0.15, -0.1) is 0 Å². The highest BCUT2D eigenvalue weighted by atomic mass is 32.2. The molecule has 3 rings (SSSR count). The van der Waals surface area contributed by atoms with Gasteiger partial charge in [0.1, 0.15) is 18.0 Å². The smallest absolute Gasteiger partial charge is 0.410 e. The van der Waals surface area contributed by atoms with Crippen LogP contribution in [0, 0.1) is 0 Å². The van der Waals surface area contributed by atoms with Crippen LogP contribution in [0.25, 0.3) is 0 Å². The summed E-state index contributed by atoms with van der Waals surface area (Å²) in [7, 11) is 0. The molecule has 1 aromatic carbocycles. The Balaban J connectivity index is 1.66. The molecule has 0 spiro atoms. The number of carbonyl (C=O) groups is 1. The van der Waals surface area contributed by atoms with Crippen molar-refractivity contribution in [1.82, 2.24) is 9.21 Å². The van der Waals surface area contributed by atoms with Gasteiger partial charge in [-0.2, -0.15) is 0 Å². The van der Waals surface area contributed by atoms with Gasteiger partial charge in [0.15, 0.2) is 0 Å². The molecule has 0 aromatic heterocycles. The second-order valence-corrected chi connectivity index (χ2v) is 7.66. The molecule has 0 N–H and O–H groups in total. The van der Waals surface area contributed by atoms with Crippen molar-refractivity contribution >= 4 is 18.0 Å². The summed E-state index contributed by atoms with van der Waals surface area (Å²) in [6.07, 6.45) is -0.237. The first kappa shape index (κ1) is 15.5. The first-order valence-corrected chi connectivity index (χ1v) is 8.34. The molecular formula is C16H22N2O3S. The number of fused-ring (bicyclic) bond motifs is 2. The minimum atomic E-state index is -0.459. The van der Waals surface area contributed by atoms with E-state index in [1.165, 1.54) is 0 Å². The van der Waals surface area contributed by atoms with Crippen molar-refractivity contribution < 1.29 is 14.3 Å². The molecule has 120 valence electrons. The number of amides is 1. The Bertz CT molecular complexity index is 559. The van der Waals surface area contributed by atoms with E-state index >= 15 is 0 Å². The van der Waals surface area contributed by atoms with Crippen LogP contribution in [0.3, 0.4) is 0 Å². The van der Waals surface area contributed by atoms with E-state index < -0.39 is 5.60 Å². The lowest BCUT2D eigenvalue weighted by Crippen LogP contribution is -2.54. The Morgan fingerprint density at radius 3 is 2.86 bits per heavy atom. The third-order valence-corrected chi connectivity index (χ3v) is 4.83. The molecule has 2 heterocycles. The number of benzene rings is 1. The summed E-state index contributed by atoms with van der Waals surface area (Å²) in [6, 6.07) is 8.25. The van der Waals surface area contributed by atoms with Gasteiger partial charge in [0.05, 0.1) is 10.9 Å². The average Bonchev–Trinajstić information content (AvgIpc) is 2.63. The molecule has 1 fully saturated rings. The zero-order valence-corrected chi connectivity index (χ0v) is 14.1. The summed E-state index contributed by atoms with van der Waals surface area (Å²) >= 11 is 1.72. The van der Waals surface area contributed by atoms with Crippen molar-refractivity contribution in [1.29, 1.82) is 0 Å². The first-order valence-electron chi connectivity index (χ1n) is 7.57. The topological polar surface area (TPSA) is 42.0 Å². The molecule has 0 aliphatic carbocycles. The molecule has 0 radical (unpaired) electrons. The second-order valence-electron chi connectivity index (χ2n) is 6.57. The maximum Gasteiger partial charge on any atom is 0.410 e. The van der Waals surface area contributed by atoms with Gasteiger partial charge in [-0.05, 0) is 44.9 Å². The summed E-state index contributed by atoms with van der Waals surface area (Å²) in [4.78, 5) is 15.1. The fourth-order valence-corrected chi connectivity index (χ4v) is 3.60. The summed E-state index contributed by atoms with van der Waals surface area (Å²) in [5.74, 6) is 0.922. The third kappa shape index (κ3) is 3.50. The van der Waals surface area contributed by atoms with E-state index in [1.807, 2.05) is 39.0 Å². The van der Waals surface area contributed by atoms with Crippen molar-refractivity contribution in [2.24, 2.45) is 0 Å². The Morgan fingerprint density at radius 1 is 1.32 bits per heavy atom. The van der Waals surface area contributed by atoms with Crippen molar-refractivity contribution in [2.45, 2.75) is 37.3 Å². The van der Waals surface area contributed by atoms with Gasteiger partial charge >= 0.3 is 6.09 Å². The quantitative estimate of drug-likeness (QED) is 0.687.